The number of aromatic nitrogens is 3. The molecule has 1 heterocycles. The van der Waals surface area contributed by atoms with Crippen LogP contribution in [-0.2, 0) is 17.9 Å². The lowest BCUT2D eigenvalue weighted by Crippen LogP contribution is -2.15. The maximum absolute atomic E-state index is 12.3. The minimum atomic E-state index is -0.169. The SMILES string of the molecule is CCn1c(COc2cc(C)ccc2C)nnc1SCC(=O)Nc1ccc(Cl)c(Cl)c1. The van der Waals surface area contributed by atoms with Crippen LogP contribution in [0.25, 0.3) is 0 Å². The van der Waals surface area contributed by atoms with E-state index in [0.717, 1.165) is 16.9 Å². The van der Waals surface area contributed by atoms with Crippen molar-refractivity contribution in [2.75, 3.05) is 11.1 Å². The van der Waals surface area contributed by atoms with Crippen LogP contribution in [0.15, 0.2) is 41.6 Å². The smallest absolute Gasteiger partial charge is 0.234 e. The van der Waals surface area contributed by atoms with Crippen LogP contribution in [0.5, 0.6) is 5.75 Å². The Morgan fingerprint density at radius 1 is 1.13 bits per heavy atom. The van der Waals surface area contributed by atoms with E-state index in [1.165, 1.54) is 11.8 Å². The fourth-order valence-corrected chi connectivity index (χ4v) is 3.88. The topological polar surface area (TPSA) is 69.0 Å². The fourth-order valence-electron chi connectivity index (χ4n) is 2.76. The first kappa shape index (κ1) is 22.5. The molecule has 1 N–H and O–H groups in total. The summed E-state index contributed by atoms with van der Waals surface area (Å²) in [6.07, 6.45) is 0. The number of hydrogen-bond acceptors (Lipinski definition) is 5. The number of ether oxygens (including phenoxy) is 1. The molecule has 3 rings (SSSR count). The average molecular weight is 465 g/mol. The van der Waals surface area contributed by atoms with Gasteiger partial charge in [-0.25, -0.2) is 0 Å². The molecule has 0 aliphatic rings. The predicted octanol–water partition coefficient (Wildman–Crippen LogP) is 5.53. The van der Waals surface area contributed by atoms with Gasteiger partial charge in [-0.05, 0) is 56.2 Å². The minimum Gasteiger partial charge on any atom is -0.485 e. The molecule has 0 aliphatic carbocycles. The Hall–Kier alpha value is -2.22. The van der Waals surface area contributed by atoms with E-state index in [1.807, 2.05) is 37.5 Å². The zero-order chi connectivity index (χ0) is 21.7. The third-order valence-corrected chi connectivity index (χ3v) is 6.05. The molecule has 0 atom stereocenters. The summed E-state index contributed by atoms with van der Waals surface area (Å²) >= 11 is 13.2. The van der Waals surface area contributed by atoms with Crippen LogP contribution < -0.4 is 10.1 Å². The second-order valence-corrected chi connectivity index (χ2v) is 8.42. The van der Waals surface area contributed by atoms with Gasteiger partial charge >= 0.3 is 0 Å². The van der Waals surface area contributed by atoms with Gasteiger partial charge in [0.15, 0.2) is 11.0 Å². The van der Waals surface area contributed by atoms with E-state index in [9.17, 15) is 4.79 Å². The van der Waals surface area contributed by atoms with Gasteiger partial charge in [0.1, 0.15) is 12.4 Å². The van der Waals surface area contributed by atoms with Gasteiger partial charge < -0.3 is 14.6 Å². The van der Waals surface area contributed by atoms with E-state index >= 15 is 0 Å². The van der Waals surface area contributed by atoms with Crippen LogP contribution in [0, 0.1) is 13.8 Å². The van der Waals surface area contributed by atoms with Crippen molar-refractivity contribution in [3.05, 3.63) is 63.4 Å². The number of rotatable bonds is 8. The van der Waals surface area contributed by atoms with Gasteiger partial charge in [-0.15, -0.1) is 10.2 Å². The molecule has 0 spiro atoms. The quantitative estimate of drug-likeness (QED) is 0.443. The number of hydrogen-bond donors (Lipinski definition) is 1. The van der Waals surface area contributed by atoms with Crippen LogP contribution in [0.4, 0.5) is 5.69 Å². The molecule has 1 amide bonds. The lowest BCUT2D eigenvalue weighted by atomic mass is 10.1. The molecular formula is C21H22Cl2N4O2S. The first-order chi connectivity index (χ1) is 14.4. The van der Waals surface area contributed by atoms with Crippen molar-refractivity contribution < 1.29 is 9.53 Å². The van der Waals surface area contributed by atoms with Crippen molar-refractivity contribution in [3.8, 4) is 5.75 Å². The predicted molar refractivity (Wildman–Crippen MR) is 122 cm³/mol. The summed E-state index contributed by atoms with van der Waals surface area (Å²) in [4.78, 5) is 12.3. The van der Waals surface area contributed by atoms with Crippen LogP contribution in [0.2, 0.25) is 10.0 Å². The molecule has 1 aromatic heterocycles. The minimum absolute atomic E-state index is 0.169. The normalized spacial score (nSPS) is 10.8. The Kier molecular flexibility index (Phi) is 7.64. The van der Waals surface area contributed by atoms with Gasteiger partial charge in [-0.1, -0.05) is 47.1 Å². The molecule has 0 aliphatic heterocycles. The highest BCUT2D eigenvalue weighted by atomic mass is 35.5. The summed E-state index contributed by atoms with van der Waals surface area (Å²) in [5, 5.41) is 12.8. The van der Waals surface area contributed by atoms with E-state index in [-0.39, 0.29) is 11.7 Å². The van der Waals surface area contributed by atoms with Gasteiger partial charge in [0.25, 0.3) is 0 Å². The highest BCUT2D eigenvalue weighted by Crippen LogP contribution is 2.26. The number of thioether (sulfide) groups is 1. The van der Waals surface area contributed by atoms with Crippen molar-refractivity contribution in [2.45, 2.75) is 39.1 Å². The molecule has 0 bridgehead atoms. The van der Waals surface area contributed by atoms with Gasteiger partial charge in [-0.2, -0.15) is 0 Å². The van der Waals surface area contributed by atoms with E-state index in [4.69, 9.17) is 27.9 Å². The maximum atomic E-state index is 12.3. The Bertz CT molecular complexity index is 1060. The molecule has 9 heteroatoms. The zero-order valence-electron chi connectivity index (χ0n) is 16.9. The average Bonchev–Trinajstić information content (AvgIpc) is 3.11. The number of amides is 1. The van der Waals surface area contributed by atoms with Gasteiger partial charge in [-0.3, -0.25) is 4.79 Å². The fraction of sp³-hybridized carbons (Fsp3) is 0.286. The van der Waals surface area contributed by atoms with Crippen LogP contribution in [0.3, 0.4) is 0 Å². The number of benzene rings is 2. The van der Waals surface area contributed by atoms with E-state index in [2.05, 4.69) is 21.6 Å². The number of nitrogens with one attached hydrogen (secondary N) is 1. The maximum Gasteiger partial charge on any atom is 0.234 e. The standard InChI is InChI=1S/C21H22Cl2N4O2S/c1-4-27-19(11-29-18-9-13(2)5-6-14(18)3)25-26-21(27)30-12-20(28)24-15-7-8-16(22)17(23)10-15/h5-10H,4,11-12H2,1-3H3,(H,24,28). The number of nitrogens with zero attached hydrogens (tertiary/aromatic N) is 3. The van der Waals surface area contributed by atoms with E-state index in [1.54, 1.807) is 18.2 Å². The summed E-state index contributed by atoms with van der Waals surface area (Å²) < 4.78 is 7.90. The lowest BCUT2D eigenvalue weighted by Gasteiger charge is -2.11. The van der Waals surface area contributed by atoms with Gasteiger partial charge in [0, 0.05) is 12.2 Å². The molecule has 0 saturated carbocycles. The molecule has 0 unspecified atom stereocenters. The van der Waals surface area contributed by atoms with E-state index in [0.29, 0.717) is 39.9 Å². The molecule has 6 nitrogen and oxygen atoms in total. The number of aryl methyl sites for hydroxylation is 2. The molecule has 2 aromatic carbocycles. The summed E-state index contributed by atoms with van der Waals surface area (Å²) in [6, 6.07) is 11.0. The largest absolute Gasteiger partial charge is 0.485 e. The summed E-state index contributed by atoms with van der Waals surface area (Å²) in [5.41, 5.74) is 2.79. The molecule has 30 heavy (non-hydrogen) atoms. The number of anilines is 1. The molecule has 0 fully saturated rings. The number of halogens is 2. The second-order valence-electron chi connectivity index (χ2n) is 6.67. The third-order valence-electron chi connectivity index (χ3n) is 4.35. The molecular weight excluding hydrogens is 443 g/mol. The first-order valence-corrected chi connectivity index (χ1v) is 11.1. The summed E-state index contributed by atoms with van der Waals surface area (Å²) in [7, 11) is 0. The third kappa shape index (κ3) is 5.68. The Labute approximate surface area is 189 Å². The first-order valence-electron chi connectivity index (χ1n) is 9.37. The molecule has 0 saturated heterocycles. The molecule has 0 radical (unpaired) electrons. The highest BCUT2D eigenvalue weighted by molar-refractivity contribution is 7.99. The monoisotopic (exact) mass is 464 g/mol. The summed E-state index contributed by atoms with van der Waals surface area (Å²) in [6.45, 7) is 7.02. The van der Waals surface area contributed by atoms with Crippen molar-refractivity contribution in [1.29, 1.82) is 0 Å². The van der Waals surface area contributed by atoms with Crippen molar-refractivity contribution >= 4 is 46.6 Å². The van der Waals surface area contributed by atoms with Crippen LogP contribution in [0.1, 0.15) is 23.9 Å². The Balaban J connectivity index is 1.60. The zero-order valence-corrected chi connectivity index (χ0v) is 19.2. The molecule has 158 valence electrons. The van der Waals surface area contributed by atoms with Crippen molar-refractivity contribution in [2.24, 2.45) is 0 Å². The lowest BCUT2D eigenvalue weighted by molar-refractivity contribution is -0.113. The Morgan fingerprint density at radius 2 is 1.93 bits per heavy atom. The number of carbonyl (C=O) groups is 1. The van der Waals surface area contributed by atoms with Crippen LogP contribution in [-0.4, -0.2) is 26.4 Å². The van der Waals surface area contributed by atoms with E-state index < -0.39 is 0 Å². The van der Waals surface area contributed by atoms with Crippen LogP contribution >= 0.6 is 35.0 Å². The van der Waals surface area contributed by atoms with Gasteiger partial charge in [0.05, 0.1) is 15.8 Å². The highest BCUT2D eigenvalue weighted by Gasteiger charge is 2.14. The molecule has 3 aromatic rings. The number of carbonyl (C=O) groups excluding carboxylic acids is 1. The van der Waals surface area contributed by atoms with Crippen molar-refractivity contribution in [1.82, 2.24) is 14.8 Å². The summed E-state index contributed by atoms with van der Waals surface area (Å²) in [5.74, 6) is 1.56. The second kappa shape index (κ2) is 10.2. The van der Waals surface area contributed by atoms with Crippen molar-refractivity contribution in [3.63, 3.8) is 0 Å². The Morgan fingerprint density at radius 3 is 2.67 bits per heavy atom. The van der Waals surface area contributed by atoms with Gasteiger partial charge in [0.2, 0.25) is 5.91 Å².